The van der Waals surface area contributed by atoms with E-state index < -0.39 is 6.10 Å². The molecule has 7 nitrogen and oxygen atoms in total. The number of piperidine rings is 1. The summed E-state index contributed by atoms with van der Waals surface area (Å²) in [6, 6.07) is 9.99. The number of aliphatic hydroxyl groups is 2. The van der Waals surface area contributed by atoms with E-state index in [-0.39, 0.29) is 6.10 Å². The van der Waals surface area contributed by atoms with Crippen LogP contribution in [-0.2, 0) is 6.54 Å². The molecule has 1 aromatic carbocycles. The second-order valence-electron chi connectivity index (χ2n) is 9.04. The van der Waals surface area contributed by atoms with Crippen molar-refractivity contribution in [3.8, 4) is 23.1 Å². The molecule has 2 aliphatic rings. The lowest BCUT2D eigenvalue weighted by Gasteiger charge is -2.19. The number of imidazole rings is 1. The number of aromatic nitrogens is 3. The quantitative estimate of drug-likeness (QED) is 0.582. The van der Waals surface area contributed by atoms with Gasteiger partial charge in [0.2, 0.25) is 0 Å². The fourth-order valence-electron chi connectivity index (χ4n) is 4.76. The van der Waals surface area contributed by atoms with Gasteiger partial charge in [-0.05, 0) is 37.8 Å². The number of aliphatic hydroxyl groups excluding tert-OH is 2. The Kier molecular flexibility index (Phi) is 5.60. The lowest BCUT2D eigenvalue weighted by atomic mass is 10.1. The maximum Gasteiger partial charge on any atom is 0.157 e. The van der Waals surface area contributed by atoms with Crippen molar-refractivity contribution in [3.05, 3.63) is 59.9 Å². The van der Waals surface area contributed by atoms with E-state index in [1.807, 2.05) is 48.0 Å². The molecule has 0 spiro atoms. The van der Waals surface area contributed by atoms with Gasteiger partial charge in [-0.25, -0.2) is 4.98 Å². The van der Waals surface area contributed by atoms with E-state index in [0.717, 1.165) is 36.5 Å². The van der Waals surface area contributed by atoms with Crippen LogP contribution in [0.15, 0.2) is 47.2 Å². The topological polar surface area (TPSA) is 87.5 Å². The Morgan fingerprint density at radius 2 is 1.91 bits per heavy atom. The second kappa shape index (κ2) is 8.55. The summed E-state index contributed by atoms with van der Waals surface area (Å²) in [4.78, 5) is 6.52. The summed E-state index contributed by atoms with van der Waals surface area (Å²) in [5.74, 6) is 9.90. The zero-order valence-corrected chi connectivity index (χ0v) is 18.3. The van der Waals surface area contributed by atoms with Gasteiger partial charge in [-0.2, -0.15) is 0 Å². The number of rotatable bonds is 6. The molecule has 3 aromatic rings. The molecule has 5 rings (SSSR count). The standard InChI is InChI=1S/C25H28N4O3/c1-16(30)12-28-14-22-21(23(22)15-28)8-5-18-3-6-19(7-4-18)24-11-20(32-27-24)13-29-10-9-26-25(29)17(2)31/h3-4,6-7,9-11,16-17,21-23,30-31H,12-15H2,1-2H3/t16?,17-,21-,22+,23-/m0/s1. The Bertz CT molecular complexity index is 1120. The van der Waals surface area contributed by atoms with E-state index in [0.29, 0.717) is 35.9 Å². The van der Waals surface area contributed by atoms with Crippen LogP contribution in [0.25, 0.3) is 11.3 Å². The van der Waals surface area contributed by atoms with Crippen molar-refractivity contribution < 1.29 is 14.7 Å². The van der Waals surface area contributed by atoms with Crippen LogP contribution in [0.1, 0.15) is 37.1 Å². The van der Waals surface area contributed by atoms with Crippen molar-refractivity contribution in [1.82, 2.24) is 19.6 Å². The van der Waals surface area contributed by atoms with Crippen molar-refractivity contribution in [3.63, 3.8) is 0 Å². The number of benzene rings is 1. The smallest absolute Gasteiger partial charge is 0.157 e. The minimum Gasteiger partial charge on any atom is -0.392 e. The van der Waals surface area contributed by atoms with Gasteiger partial charge in [0, 0.05) is 55.1 Å². The van der Waals surface area contributed by atoms with Gasteiger partial charge in [-0.15, -0.1) is 0 Å². The Labute approximate surface area is 187 Å². The van der Waals surface area contributed by atoms with Crippen molar-refractivity contribution >= 4 is 0 Å². The van der Waals surface area contributed by atoms with Crippen LogP contribution in [0, 0.1) is 29.6 Å². The summed E-state index contributed by atoms with van der Waals surface area (Å²) in [5, 5.41) is 23.5. The first-order valence-electron chi connectivity index (χ1n) is 11.1. The molecule has 166 valence electrons. The first kappa shape index (κ1) is 21.0. The SMILES string of the molecule is CC(O)CN1C[C@@H]2[C@H](C#Cc3ccc(-c4cc(Cn5ccnc5[C@H](C)O)on4)cc3)[C@@H]2C1. The molecule has 1 aliphatic heterocycles. The number of hydrogen-bond acceptors (Lipinski definition) is 6. The number of β-amino-alcohol motifs (C(OH)–C–C–N with tert-alkyl or cyclic N) is 1. The van der Waals surface area contributed by atoms with E-state index in [1.165, 1.54) is 0 Å². The fourth-order valence-corrected chi connectivity index (χ4v) is 4.76. The molecule has 2 N–H and O–H groups in total. The van der Waals surface area contributed by atoms with Gasteiger partial charge in [-0.1, -0.05) is 29.1 Å². The minimum absolute atomic E-state index is 0.260. The van der Waals surface area contributed by atoms with E-state index in [9.17, 15) is 10.2 Å². The molecule has 32 heavy (non-hydrogen) atoms. The summed E-state index contributed by atoms with van der Waals surface area (Å²) in [6.45, 7) is 6.88. The van der Waals surface area contributed by atoms with Crippen molar-refractivity contribution in [2.24, 2.45) is 17.8 Å². The molecule has 0 amide bonds. The zero-order chi connectivity index (χ0) is 22.2. The van der Waals surface area contributed by atoms with Gasteiger partial charge in [0.05, 0.1) is 12.6 Å². The average Bonchev–Trinajstić information content (AvgIpc) is 3.24. The van der Waals surface area contributed by atoms with Gasteiger partial charge in [-0.3, -0.25) is 0 Å². The summed E-state index contributed by atoms with van der Waals surface area (Å²) < 4.78 is 7.34. The van der Waals surface area contributed by atoms with Crippen LogP contribution in [0.5, 0.6) is 0 Å². The second-order valence-corrected chi connectivity index (χ2v) is 9.04. The fraction of sp³-hybridized carbons (Fsp3) is 0.440. The first-order valence-corrected chi connectivity index (χ1v) is 11.1. The summed E-state index contributed by atoms with van der Waals surface area (Å²) in [7, 11) is 0. The third-order valence-corrected chi connectivity index (χ3v) is 6.36. The van der Waals surface area contributed by atoms with Gasteiger partial charge in [0.25, 0.3) is 0 Å². The monoisotopic (exact) mass is 432 g/mol. The van der Waals surface area contributed by atoms with E-state index in [2.05, 4.69) is 26.9 Å². The number of likely N-dealkylation sites (tertiary alicyclic amines) is 1. The molecule has 2 aromatic heterocycles. The largest absolute Gasteiger partial charge is 0.392 e. The van der Waals surface area contributed by atoms with E-state index in [1.54, 1.807) is 13.1 Å². The molecule has 1 saturated carbocycles. The molecule has 0 bridgehead atoms. The third kappa shape index (κ3) is 4.35. The maximum absolute atomic E-state index is 9.80. The van der Waals surface area contributed by atoms with Crippen molar-refractivity contribution in [1.29, 1.82) is 0 Å². The van der Waals surface area contributed by atoms with Crippen LogP contribution < -0.4 is 0 Å². The molecular weight excluding hydrogens is 404 g/mol. The molecule has 5 atom stereocenters. The Morgan fingerprint density at radius 3 is 2.59 bits per heavy atom. The van der Waals surface area contributed by atoms with Crippen LogP contribution in [0.4, 0.5) is 0 Å². The minimum atomic E-state index is -0.639. The van der Waals surface area contributed by atoms with Crippen LogP contribution in [0.3, 0.4) is 0 Å². The predicted octanol–water partition coefficient (Wildman–Crippen LogP) is 2.55. The van der Waals surface area contributed by atoms with Crippen molar-refractivity contribution in [2.45, 2.75) is 32.6 Å². The molecule has 1 aliphatic carbocycles. The Hall–Kier alpha value is -2.92. The molecule has 2 fully saturated rings. The van der Waals surface area contributed by atoms with Crippen molar-refractivity contribution in [2.75, 3.05) is 19.6 Å². The van der Waals surface area contributed by atoms with Gasteiger partial charge in [0.15, 0.2) is 5.76 Å². The van der Waals surface area contributed by atoms with Crippen LogP contribution in [0.2, 0.25) is 0 Å². The average molecular weight is 433 g/mol. The van der Waals surface area contributed by atoms with Gasteiger partial charge in [0.1, 0.15) is 17.6 Å². The maximum atomic E-state index is 9.80. The number of hydrogen-bond donors (Lipinski definition) is 2. The Balaban J connectivity index is 1.19. The first-order chi connectivity index (χ1) is 15.5. The molecule has 7 heteroatoms. The number of fused-ring (bicyclic) bond motifs is 1. The molecule has 0 radical (unpaired) electrons. The van der Waals surface area contributed by atoms with E-state index >= 15 is 0 Å². The van der Waals surface area contributed by atoms with E-state index in [4.69, 9.17) is 4.52 Å². The summed E-state index contributed by atoms with van der Waals surface area (Å²) in [5.41, 5.74) is 2.75. The normalized spacial score (nSPS) is 23.9. The predicted molar refractivity (Wildman–Crippen MR) is 119 cm³/mol. The zero-order valence-electron chi connectivity index (χ0n) is 18.3. The lowest BCUT2D eigenvalue weighted by molar-refractivity contribution is 0.132. The summed E-state index contributed by atoms with van der Waals surface area (Å²) in [6.07, 6.45) is 2.58. The molecular formula is C25H28N4O3. The highest BCUT2D eigenvalue weighted by atomic mass is 16.5. The van der Waals surface area contributed by atoms with Crippen LogP contribution >= 0.6 is 0 Å². The highest BCUT2D eigenvalue weighted by molar-refractivity contribution is 5.60. The lowest BCUT2D eigenvalue weighted by Crippen LogP contribution is -2.31. The van der Waals surface area contributed by atoms with Gasteiger partial charge < -0.3 is 24.2 Å². The molecule has 3 heterocycles. The highest BCUT2D eigenvalue weighted by Crippen LogP contribution is 2.51. The number of nitrogens with zero attached hydrogens (tertiary/aromatic N) is 4. The third-order valence-electron chi connectivity index (χ3n) is 6.36. The van der Waals surface area contributed by atoms with Gasteiger partial charge >= 0.3 is 0 Å². The molecule has 1 saturated heterocycles. The van der Waals surface area contributed by atoms with Crippen LogP contribution in [-0.4, -0.2) is 55.6 Å². The summed E-state index contributed by atoms with van der Waals surface area (Å²) >= 11 is 0. The highest BCUT2D eigenvalue weighted by Gasteiger charge is 2.54. The molecule has 1 unspecified atom stereocenters. The Morgan fingerprint density at radius 1 is 1.16 bits per heavy atom.